The molecule has 1 aromatic heterocycles. The van der Waals surface area contributed by atoms with E-state index in [1.54, 1.807) is 24.8 Å². The number of benzene rings is 1. The number of carbonyl (C=O) groups is 1. The first-order valence-corrected chi connectivity index (χ1v) is 9.42. The van der Waals surface area contributed by atoms with Gasteiger partial charge in [0, 0.05) is 22.8 Å². The molecule has 1 atom stereocenters. The maximum absolute atomic E-state index is 11.5. The van der Waals surface area contributed by atoms with Gasteiger partial charge in [-0.3, -0.25) is 4.99 Å². The van der Waals surface area contributed by atoms with Crippen molar-refractivity contribution in [2.45, 2.75) is 37.3 Å². The minimum absolute atomic E-state index is 0. The van der Waals surface area contributed by atoms with Crippen molar-refractivity contribution in [3.63, 3.8) is 0 Å². The van der Waals surface area contributed by atoms with Crippen LogP contribution in [0.15, 0.2) is 34.4 Å². The van der Waals surface area contributed by atoms with Gasteiger partial charge in [-0.05, 0) is 11.5 Å². The molecule has 0 fully saturated rings. The fraction of sp³-hybridized carbons (Fsp3) is 0.389. The molecular formula is C18H21N4NaO3S. The second kappa shape index (κ2) is 9.75. The van der Waals surface area contributed by atoms with Crippen molar-refractivity contribution in [1.29, 1.82) is 0 Å². The van der Waals surface area contributed by atoms with E-state index in [2.05, 4.69) is 15.3 Å². The van der Waals surface area contributed by atoms with Gasteiger partial charge in [0.2, 0.25) is 0 Å². The summed E-state index contributed by atoms with van der Waals surface area (Å²) in [6, 6.07) is 5.29. The van der Waals surface area contributed by atoms with Crippen molar-refractivity contribution >= 4 is 29.9 Å². The minimum atomic E-state index is -1.16. The Morgan fingerprint density at radius 3 is 2.96 bits per heavy atom. The van der Waals surface area contributed by atoms with Crippen molar-refractivity contribution < 1.29 is 44.6 Å². The molecule has 0 spiro atoms. The molecule has 0 saturated carbocycles. The van der Waals surface area contributed by atoms with Gasteiger partial charge >= 0.3 is 29.6 Å². The fourth-order valence-electron chi connectivity index (χ4n) is 2.89. The van der Waals surface area contributed by atoms with Gasteiger partial charge in [0.1, 0.15) is 17.6 Å². The molecule has 3 rings (SSSR count). The number of aliphatic hydroxyl groups is 1. The number of hydrogen-bond donors (Lipinski definition) is 2. The number of carbonyl (C=O) groups excluding carboxylic acids is 1. The molecule has 27 heavy (non-hydrogen) atoms. The predicted molar refractivity (Wildman–Crippen MR) is 99.8 cm³/mol. The topological polar surface area (TPSA) is 103 Å². The summed E-state index contributed by atoms with van der Waals surface area (Å²) in [7, 11) is 0. The standard InChI is InChI=1S/C18H22N4O3S.Na/c1-11(2)12-4-3-5-13(18(24)25)16(12)26-7-6-22-10-21-15-14(23)8-19-9-20-17(15)22;/h3-5,9-11,14,23H,6-8H2,1-2H3,(H,19,20)(H,24,25);/q;+1/p-1. The van der Waals surface area contributed by atoms with Crippen molar-refractivity contribution in [2.24, 2.45) is 4.99 Å². The fourth-order valence-corrected chi connectivity index (χ4v) is 4.16. The number of carboxylic acids is 1. The number of aromatic carboxylic acids is 1. The Balaban J connectivity index is 0.00000261. The van der Waals surface area contributed by atoms with Crippen molar-refractivity contribution in [3.05, 3.63) is 41.3 Å². The number of fused-ring (bicyclic) bond motifs is 1. The average Bonchev–Trinajstić information content (AvgIpc) is 2.91. The number of aryl methyl sites for hydroxylation is 1. The molecule has 2 aromatic rings. The third-order valence-corrected chi connectivity index (χ3v) is 5.35. The van der Waals surface area contributed by atoms with Crippen LogP contribution >= 0.6 is 11.8 Å². The van der Waals surface area contributed by atoms with E-state index in [4.69, 9.17) is 0 Å². The van der Waals surface area contributed by atoms with Gasteiger partial charge in [0.25, 0.3) is 0 Å². The molecule has 0 radical (unpaired) electrons. The average molecular weight is 396 g/mol. The van der Waals surface area contributed by atoms with E-state index in [0.29, 0.717) is 18.0 Å². The predicted octanol–water partition coefficient (Wildman–Crippen LogP) is -1.35. The Kier molecular flexibility index (Phi) is 7.93. The first-order chi connectivity index (χ1) is 12.5. The third kappa shape index (κ3) is 4.94. The van der Waals surface area contributed by atoms with E-state index in [0.717, 1.165) is 16.3 Å². The molecule has 1 aliphatic rings. The van der Waals surface area contributed by atoms with E-state index in [1.807, 2.05) is 24.5 Å². The summed E-state index contributed by atoms with van der Waals surface area (Å²) in [4.78, 5) is 20.5. The number of thioether (sulfide) groups is 1. The Bertz CT molecular complexity index is 838. The summed E-state index contributed by atoms with van der Waals surface area (Å²) in [5.74, 6) is 0.431. The summed E-state index contributed by atoms with van der Waals surface area (Å²) < 4.78 is 1.90. The second-order valence-corrected chi connectivity index (χ2v) is 7.45. The summed E-state index contributed by atoms with van der Waals surface area (Å²) >= 11 is 1.49. The van der Waals surface area contributed by atoms with Crippen LogP contribution in [0.4, 0.5) is 5.82 Å². The first-order valence-electron chi connectivity index (χ1n) is 8.44. The molecule has 7 nitrogen and oxygen atoms in total. The number of imidazole rings is 1. The smallest absolute Gasteiger partial charge is 0.545 e. The summed E-state index contributed by atoms with van der Waals surface area (Å²) in [6.07, 6.45) is 2.51. The number of nitrogens with one attached hydrogen (secondary N) is 1. The van der Waals surface area contributed by atoms with Gasteiger partial charge in [-0.1, -0.05) is 32.0 Å². The van der Waals surface area contributed by atoms with Gasteiger partial charge in [-0.2, -0.15) is 0 Å². The molecule has 9 heteroatoms. The molecule has 0 saturated heterocycles. The van der Waals surface area contributed by atoms with Crippen LogP contribution in [0, 0.1) is 0 Å². The Morgan fingerprint density at radius 2 is 2.26 bits per heavy atom. The molecule has 1 unspecified atom stereocenters. The number of aliphatic imine (C=N–C) groups is 1. The van der Waals surface area contributed by atoms with E-state index in [-0.39, 0.29) is 47.6 Å². The van der Waals surface area contributed by atoms with Crippen LogP contribution in [0.25, 0.3) is 0 Å². The molecule has 0 aliphatic carbocycles. The molecule has 0 amide bonds. The number of aromatic nitrogens is 2. The van der Waals surface area contributed by atoms with Crippen LogP contribution in [0.2, 0.25) is 0 Å². The zero-order valence-electron chi connectivity index (χ0n) is 15.7. The third-order valence-electron chi connectivity index (χ3n) is 4.22. The van der Waals surface area contributed by atoms with Gasteiger partial charge in [0.15, 0.2) is 0 Å². The first kappa shape index (κ1) is 22.0. The summed E-state index contributed by atoms with van der Waals surface area (Å²) in [6.45, 7) is 4.97. The normalized spacial score (nSPS) is 15.6. The van der Waals surface area contributed by atoms with Crippen LogP contribution in [0.1, 0.15) is 47.5 Å². The van der Waals surface area contributed by atoms with Crippen LogP contribution in [0.5, 0.6) is 0 Å². The molecular weight excluding hydrogens is 375 g/mol. The number of hydrogen-bond acceptors (Lipinski definition) is 7. The van der Waals surface area contributed by atoms with Gasteiger partial charge in [0.05, 0.1) is 25.2 Å². The zero-order valence-corrected chi connectivity index (χ0v) is 18.5. The van der Waals surface area contributed by atoms with E-state index >= 15 is 0 Å². The minimum Gasteiger partial charge on any atom is -0.545 e. The van der Waals surface area contributed by atoms with Crippen molar-refractivity contribution in [3.8, 4) is 0 Å². The van der Waals surface area contributed by atoms with Crippen molar-refractivity contribution in [2.75, 3.05) is 17.6 Å². The molecule has 2 heterocycles. The second-order valence-electron chi connectivity index (χ2n) is 6.34. The van der Waals surface area contributed by atoms with Gasteiger partial charge in [-0.15, -0.1) is 11.8 Å². The number of aliphatic hydroxyl groups excluding tert-OH is 1. The monoisotopic (exact) mass is 396 g/mol. The van der Waals surface area contributed by atoms with E-state index < -0.39 is 12.1 Å². The van der Waals surface area contributed by atoms with Crippen molar-refractivity contribution in [1.82, 2.24) is 9.55 Å². The number of rotatable bonds is 6. The maximum atomic E-state index is 11.5. The molecule has 1 aromatic carbocycles. The van der Waals surface area contributed by atoms with Gasteiger partial charge < -0.3 is 24.9 Å². The van der Waals surface area contributed by atoms with E-state index in [9.17, 15) is 15.0 Å². The quantitative estimate of drug-likeness (QED) is 0.463. The number of anilines is 1. The van der Waals surface area contributed by atoms with Crippen LogP contribution in [-0.4, -0.2) is 39.3 Å². The summed E-state index contributed by atoms with van der Waals surface area (Å²) in [5.41, 5.74) is 1.80. The molecule has 138 valence electrons. The number of nitrogens with zero attached hydrogens (tertiary/aromatic N) is 3. The molecule has 1 aliphatic heterocycles. The van der Waals surface area contributed by atoms with Crippen LogP contribution < -0.4 is 40.0 Å². The molecule has 0 bridgehead atoms. The Hall–Kier alpha value is -1.32. The molecule has 2 N–H and O–H groups in total. The summed E-state index contributed by atoms with van der Waals surface area (Å²) in [5, 5.41) is 24.6. The van der Waals surface area contributed by atoms with Crippen LogP contribution in [0.3, 0.4) is 0 Å². The zero-order chi connectivity index (χ0) is 18.7. The van der Waals surface area contributed by atoms with Gasteiger partial charge in [-0.25, -0.2) is 4.98 Å². The number of carboxylic acid groups (broad SMARTS) is 1. The maximum Gasteiger partial charge on any atom is 1.00 e. The Labute approximate surface area is 184 Å². The largest absolute Gasteiger partial charge is 1.00 e. The SMILES string of the molecule is CC(C)c1cccc(C(=O)[O-])c1SCCn1cnc2c1NC=NCC2O.[Na+]. The van der Waals surface area contributed by atoms with E-state index in [1.165, 1.54) is 11.8 Å². The Morgan fingerprint density at radius 1 is 1.48 bits per heavy atom. The van der Waals surface area contributed by atoms with Crippen LogP contribution in [-0.2, 0) is 6.54 Å².